The third-order valence-electron chi connectivity index (χ3n) is 6.49. The van der Waals surface area contributed by atoms with Crippen molar-refractivity contribution in [2.75, 3.05) is 23.3 Å². The van der Waals surface area contributed by atoms with E-state index in [0.29, 0.717) is 42.4 Å². The first-order valence-electron chi connectivity index (χ1n) is 11.6. The number of fused-ring (bicyclic) bond motifs is 1. The van der Waals surface area contributed by atoms with Crippen LogP contribution in [0.1, 0.15) is 42.5 Å². The summed E-state index contributed by atoms with van der Waals surface area (Å²) in [7, 11) is 0. The summed E-state index contributed by atoms with van der Waals surface area (Å²) in [6.07, 6.45) is 1.53. The van der Waals surface area contributed by atoms with Crippen LogP contribution in [-0.4, -0.2) is 39.3 Å². The fraction of sp³-hybridized carbons (Fsp3) is 0.400. The van der Waals surface area contributed by atoms with Gasteiger partial charge in [-0.15, -0.1) is 0 Å². The van der Waals surface area contributed by atoms with E-state index in [1.54, 1.807) is 6.07 Å². The van der Waals surface area contributed by atoms with Crippen LogP contribution in [0.15, 0.2) is 42.7 Å². The monoisotopic (exact) mass is 469 g/mol. The van der Waals surface area contributed by atoms with Gasteiger partial charge in [0.15, 0.2) is 0 Å². The molecule has 2 N–H and O–H groups in total. The normalized spacial score (nSPS) is 18.5. The number of aromatic nitrogens is 3. The smallest absolute Gasteiger partial charge is 0.393 e. The number of halogens is 3. The molecule has 1 aliphatic carbocycles. The number of anilines is 3. The van der Waals surface area contributed by atoms with Gasteiger partial charge in [0, 0.05) is 36.8 Å². The molecule has 2 aromatic heterocycles. The molecule has 6 nitrogen and oxygen atoms in total. The van der Waals surface area contributed by atoms with Crippen molar-refractivity contribution in [1.82, 2.24) is 15.0 Å². The van der Waals surface area contributed by atoms with Crippen LogP contribution in [0.25, 0.3) is 11.3 Å². The van der Waals surface area contributed by atoms with E-state index in [4.69, 9.17) is 0 Å². The molecule has 1 aliphatic heterocycles. The van der Waals surface area contributed by atoms with E-state index in [0.717, 1.165) is 49.4 Å². The van der Waals surface area contributed by atoms with Gasteiger partial charge in [0.05, 0.1) is 11.8 Å². The Labute approximate surface area is 195 Å². The molecule has 0 radical (unpaired) electrons. The number of alkyl halides is 3. The lowest BCUT2D eigenvalue weighted by molar-refractivity contribution is -0.141. The molecule has 178 valence electrons. The minimum Gasteiger partial charge on any atom is -0.393 e. The molecular formula is C25H26F3N5O. The van der Waals surface area contributed by atoms with Crippen LogP contribution >= 0.6 is 0 Å². The number of rotatable bonds is 4. The first kappa shape index (κ1) is 22.6. The number of aliphatic hydroxyl groups excluding tert-OH is 1. The maximum atomic E-state index is 13.4. The molecular weight excluding hydrogens is 443 g/mol. The van der Waals surface area contributed by atoms with Crippen LogP contribution in [0.4, 0.5) is 30.5 Å². The summed E-state index contributed by atoms with van der Waals surface area (Å²) in [6.45, 7) is 1.33. The van der Waals surface area contributed by atoms with Crippen molar-refractivity contribution in [3.8, 4) is 11.3 Å². The number of pyridine rings is 1. The Morgan fingerprint density at radius 1 is 1.03 bits per heavy atom. The quantitative estimate of drug-likeness (QED) is 0.551. The van der Waals surface area contributed by atoms with E-state index < -0.39 is 11.9 Å². The van der Waals surface area contributed by atoms with Gasteiger partial charge >= 0.3 is 6.18 Å². The zero-order valence-corrected chi connectivity index (χ0v) is 18.6. The molecule has 0 spiro atoms. The highest BCUT2D eigenvalue weighted by Gasteiger charge is 2.34. The summed E-state index contributed by atoms with van der Waals surface area (Å²) in [6, 6.07) is 10.2. The van der Waals surface area contributed by atoms with E-state index in [9.17, 15) is 18.3 Å². The second-order valence-electron chi connectivity index (χ2n) is 8.87. The number of benzene rings is 1. The van der Waals surface area contributed by atoms with Gasteiger partial charge in [0.2, 0.25) is 0 Å². The Hall–Kier alpha value is -3.20. The van der Waals surface area contributed by atoms with Crippen molar-refractivity contribution in [1.29, 1.82) is 0 Å². The third kappa shape index (κ3) is 4.70. The topological polar surface area (TPSA) is 74.2 Å². The molecule has 9 heteroatoms. The Balaban J connectivity index is 1.50. The summed E-state index contributed by atoms with van der Waals surface area (Å²) in [5.74, 6) is 0.836. The Morgan fingerprint density at radius 2 is 1.85 bits per heavy atom. The Bertz CT molecular complexity index is 1180. The number of nitrogens with one attached hydrogen (secondary N) is 1. The van der Waals surface area contributed by atoms with Crippen LogP contribution in [-0.2, 0) is 19.0 Å². The molecule has 0 bridgehead atoms. The highest BCUT2D eigenvalue weighted by atomic mass is 19.4. The molecule has 3 heterocycles. The van der Waals surface area contributed by atoms with E-state index in [2.05, 4.69) is 26.3 Å². The molecule has 2 aliphatic rings. The Kier molecular flexibility index (Phi) is 6.12. The lowest BCUT2D eigenvalue weighted by atomic mass is 9.88. The average Bonchev–Trinajstić information content (AvgIpc) is 2.84. The maximum absolute atomic E-state index is 13.4. The van der Waals surface area contributed by atoms with Gasteiger partial charge in [0.1, 0.15) is 23.7 Å². The van der Waals surface area contributed by atoms with Crippen LogP contribution in [0.5, 0.6) is 0 Å². The lowest BCUT2D eigenvalue weighted by Gasteiger charge is -2.30. The van der Waals surface area contributed by atoms with Gasteiger partial charge in [-0.1, -0.05) is 12.1 Å². The van der Waals surface area contributed by atoms with Crippen molar-refractivity contribution >= 4 is 17.3 Å². The average molecular weight is 470 g/mol. The second kappa shape index (κ2) is 9.21. The minimum atomic E-state index is -4.52. The number of hydrogen-bond acceptors (Lipinski definition) is 6. The highest BCUT2D eigenvalue weighted by Crippen LogP contribution is 2.36. The number of aliphatic hydroxyl groups is 1. The molecule has 1 atom stereocenters. The first-order chi connectivity index (χ1) is 16.4. The molecule has 0 amide bonds. The van der Waals surface area contributed by atoms with Crippen molar-refractivity contribution in [3.05, 3.63) is 59.5 Å². The van der Waals surface area contributed by atoms with Crippen molar-refractivity contribution < 1.29 is 18.3 Å². The van der Waals surface area contributed by atoms with Crippen LogP contribution in [0.2, 0.25) is 0 Å². The summed E-state index contributed by atoms with van der Waals surface area (Å²) in [4.78, 5) is 14.6. The lowest BCUT2D eigenvalue weighted by Crippen LogP contribution is -2.31. The van der Waals surface area contributed by atoms with Crippen LogP contribution in [0.3, 0.4) is 0 Å². The van der Waals surface area contributed by atoms with Crippen molar-refractivity contribution in [3.63, 3.8) is 0 Å². The van der Waals surface area contributed by atoms with Crippen molar-refractivity contribution in [2.45, 2.75) is 50.8 Å². The van der Waals surface area contributed by atoms with Crippen molar-refractivity contribution in [2.24, 2.45) is 0 Å². The zero-order valence-electron chi connectivity index (χ0n) is 18.6. The molecule has 5 rings (SSSR count). The van der Waals surface area contributed by atoms with Crippen LogP contribution < -0.4 is 10.2 Å². The standard InChI is InChI=1S/C25H26F3N5O/c26-25(27,28)22-10-9-18(24(32-22)33-11-2-1-3-12-33)21-14-23(30-15-29-21)31-20-6-4-5-16-7-8-17(34)13-19(16)20/h4-6,9-10,14-15,17,34H,1-3,7-8,11-13H2,(H,29,30,31). The zero-order chi connectivity index (χ0) is 23.7. The number of nitrogens with zero attached hydrogens (tertiary/aromatic N) is 4. The fourth-order valence-electron chi connectivity index (χ4n) is 4.75. The molecule has 1 unspecified atom stereocenters. The Morgan fingerprint density at radius 3 is 2.65 bits per heavy atom. The van der Waals surface area contributed by atoms with E-state index in [1.807, 2.05) is 17.0 Å². The second-order valence-corrected chi connectivity index (χ2v) is 8.87. The SMILES string of the molecule is OC1CCc2cccc(Nc3cc(-c4ccc(C(F)(F)F)nc4N4CCCCC4)ncn3)c2C1. The minimum absolute atomic E-state index is 0.305. The molecule has 3 aromatic rings. The predicted molar refractivity (Wildman–Crippen MR) is 124 cm³/mol. The van der Waals surface area contributed by atoms with Gasteiger partial charge in [0.25, 0.3) is 0 Å². The molecule has 1 fully saturated rings. The van der Waals surface area contributed by atoms with Crippen LogP contribution in [0, 0.1) is 0 Å². The summed E-state index contributed by atoms with van der Waals surface area (Å²) >= 11 is 0. The van der Waals surface area contributed by atoms with Gasteiger partial charge < -0.3 is 15.3 Å². The van der Waals surface area contributed by atoms with E-state index in [1.165, 1.54) is 18.0 Å². The number of aryl methyl sites for hydroxylation is 1. The largest absolute Gasteiger partial charge is 0.433 e. The summed E-state index contributed by atoms with van der Waals surface area (Å²) in [5, 5.41) is 13.4. The summed E-state index contributed by atoms with van der Waals surface area (Å²) in [5.41, 5.74) is 3.27. The van der Waals surface area contributed by atoms with E-state index in [-0.39, 0.29) is 6.10 Å². The predicted octanol–water partition coefficient (Wildman–Crippen LogP) is 5.14. The van der Waals surface area contributed by atoms with E-state index >= 15 is 0 Å². The molecule has 1 saturated heterocycles. The summed E-state index contributed by atoms with van der Waals surface area (Å²) < 4.78 is 40.2. The number of piperidine rings is 1. The maximum Gasteiger partial charge on any atom is 0.433 e. The van der Waals surface area contributed by atoms with Gasteiger partial charge in [-0.3, -0.25) is 0 Å². The van der Waals surface area contributed by atoms with Gasteiger partial charge in [-0.05, 0) is 61.4 Å². The van der Waals surface area contributed by atoms with Gasteiger partial charge in [-0.25, -0.2) is 15.0 Å². The molecule has 1 aromatic carbocycles. The highest BCUT2D eigenvalue weighted by molar-refractivity contribution is 5.76. The third-order valence-corrected chi connectivity index (χ3v) is 6.49. The number of hydrogen-bond donors (Lipinski definition) is 2. The fourth-order valence-corrected chi connectivity index (χ4v) is 4.75. The van der Waals surface area contributed by atoms with Gasteiger partial charge in [-0.2, -0.15) is 13.2 Å². The molecule has 0 saturated carbocycles. The molecule has 34 heavy (non-hydrogen) atoms. The first-order valence-corrected chi connectivity index (χ1v) is 11.6.